The number of methoxy groups -OCH3 is 1. The molecule has 4 rings (SSSR count). The zero-order valence-corrected chi connectivity index (χ0v) is 17.5. The van der Waals surface area contributed by atoms with Gasteiger partial charge in [-0.25, -0.2) is 4.68 Å². The molecule has 0 saturated heterocycles. The molecule has 1 heterocycles. The van der Waals surface area contributed by atoms with E-state index in [1.165, 1.54) is 0 Å². The van der Waals surface area contributed by atoms with Crippen LogP contribution < -0.4 is 10.1 Å². The number of aryl methyl sites for hydroxylation is 1. The Bertz CT molecular complexity index is 1120. The van der Waals surface area contributed by atoms with Crippen molar-refractivity contribution in [1.29, 1.82) is 0 Å². The first-order valence-electron chi connectivity index (χ1n) is 10.3. The van der Waals surface area contributed by atoms with Crippen molar-refractivity contribution in [2.45, 2.75) is 19.4 Å². The van der Waals surface area contributed by atoms with Gasteiger partial charge >= 0.3 is 0 Å². The van der Waals surface area contributed by atoms with Crippen LogP contribution in [0.1, 0.15) is 17.5 Å². The average Bonchev–Trinajstić information content (AvgIpc) is 3.27. The van der Waals surface area contributed by atoms with Crippen LogP contribution in [-0.4, -0.2) is 22.8 Å². The molecule has 0 spiro atoms. The second-order valence-electron chi connectivity index (χ2n) is 7.27. The Balaban J connectivity index is 1.45. The molecule has 0 radical (unpaired) electrons. The highest BCUT2D eigenvalue weighted by molar-refractivity contribution is 5.76. The van der Waals surface area contributed by atoms with Gasteiger partial charge in [0.2, 0.25) is 5.91 Å². The van der Waals surface area contributed by atoms with E-state index in [4.69, 9.17) is 9.84 Å². The summed E-state index contributed by atoms with van der Waals surface area (Å²) in [5.74, 6) is 0.833. The van der Waals surface area contributed by atoms with Gasteiger partial charge in [0.25, 0.3) is 0 Å². The van der Waals surface area contributed by atoms with Crippen LogP contribution in [0.5, 0.6) is 5.75 Å². The zero-order chi connectivity index (χ0) is 21.5. The predicted molar refractivity (Wildman–Crippen MR) is 122 cm³/mol. The van der Waals surface area contributed by atoms with Crippen LogP contribution in [0, 0.1) is 0 Å². The zero-order valence-electron chi connectivity index (χ0n) is 17.5. The minimum absolute atomic E-state index is 0.0160. The number of nitrogens with one attached hydrogen (secondary N) is 1. The molecule has 1 N–H and O–H groups in total. The van der Waals surface area contributed by atoms with E-state index >= 15 is 0 Å². The third-order valence-electron chi connectivity index (χ3n) is 5.13. The standard InChI is InChI=1S/C26H25N3O2/c1-31-24-15-12-20(13-16-24)14-17-25(30)27-18-22-19-29(23-10-6-3-7-11-23)28-26(22)21-8-4-2-5-9-21/h2-13,15-16,19H,14,17-18H2,1H3,(H,27,30). The fourth-order valence-corrected chi connectivity index (χ4v) is 3.42. The number of ether oxygens (including phenoxy) is 1. The van der Waals surface area contributed by atoms with Crippen LogP contribution in [-0.2, 0) is 17.8 Å². The number of aromatic nitrogens is 2. The predicted octanol–water partition coefficient (Wildman–Crippen LogP) is 4.80. The van der Waals surface area contributed by atoms with Crippen molar-refractivity contribution < 1.29 is 9.53 Å². The molecular weight excluding hydrogens is 386 g/mol. The molecule has 4 aromatic rings. The molecule has 156 valence electrons. The van der Waals surface area contributed by atoms with Crippen LogP contribution in [0.15, 0.2) is 91.1 Å². The van der Waals surface area contributed by atoms with E-state index in [1.807, 2.05) is 95.8 Å². The highest BCUT2D eigenvalue weighted by Crippen LogP contribution is 2.23. The molecule has 5 nitrogen and oxygen atoms in total. The first-order chi connectivity index (χ1) is 15.2. The van der Waals surface area contributed by atoms with Crippen molar-refractivity contribution in [3.8, 4) is 22.7 Å². The molecular formula is C26H25N3O2. The number of amides is 1. The third-order valence-corrected chi connectivity index (χ3v) is 5.13. The van der Waals surface area contributed by atoms with Gasteiger partial charge in [0.15, 0.2) is 0 Å². The number of benzene rings is 3. The van der Waals surface area contributed by atoms with Gasteiger partial charge in [0, 0.05) is 30.3 Å². The Morgan fingerprint density at radius 1 is 0.935 bits per heavy atom. The monoisotopic (exact) mass is 411 g/mol. The third kappa shape index (κ3) is 5.20. The molecule has 0 aliphatic heterocycles. The Morgan fingerprint density at radius 3 is 2.29 bits per heavy atom. The largest absolute Gasteiger partial charge is 0.497 e. The molecule has 0 saturated carbocycles. The van der Waals surface area contributed by atoms with Crippen molar-refractivity contribution in [2.24, 2.45) is 0 Å². The van der Waals surface area contributed by atoms with Crippen LogP contribution >= 0.6 is 0 Å². The van der Waals surface area contributed by atoms with E-state index in [2.05, 4.69) is 5.32 Å². The number of carbonyl (C=O) groups excluding carboxylic acids is 1. The number of rotatable bonds is 8. The van der Waals surface area contributed by atoms with Gasteiger partial charge in [-0.05, 0) is 36.2 Å². The van der Waals surface area contributed by atoms with Gasteiger partial charge in [-0.2, -0.15) is 5.10 Å². The Hall–Kier alpha value is -3.86. The van der Waals surface area contributed by atoms with Gasteiger partial charge < -0.3 is 10.1 Å². The van der Waals surface area contributed by atoms with Gasteiger partial charge in [0.05, 0.1) is 18.5 Å². The summed E-state index contributed by atoms with van der Waals surface area (Å²) in [5.41, 5.74) is 4.97. The van der Waals surface area contributed by atoms with Gasteiger partial charge in [-0.3, -0.25) is 4.79 Å². The fraction of sp³-hybridized carbons (Fsp3) is 0.154. The van der Waals surface area contributed by atoms with Crippen LogP contribution in [0.4, 0.5) is 0 Å². The summed E-state index contributed by atoms with van der Waals surface area (Å²) < 4.78 is 7.04. The number of nitrogens with zero attached hydrogens (tertiary/aromatic N) is 2. The Morgan fingerprint density at radius 2 is 1.61 bits per heavy atom. The maximum absolute atomic E-state index is 12.5. The molecule has 1 aromatic heterocycles. The van der Waals surface area contributed by atoms with Gasteiger partial charge in [0.1, 0.15) is 5.75 Å². The molecule has 0 aliphatic rings. The van der Waals surface area contributed by atoms with E-state index in [1.54, 1.807) is 7.11 Å². The molecule has 31 heavy (non-hydrogen) atoms. The molecule has 0 unspecified atom stereocenters. The molecule has 0 atom stereocenters. The first-order valence-corrected chi connectivity index (χ1v) is 10.3. The van der Waals surface area contributed by atoms with E-state index in [0.29, 0.717) is 19.4 Å². The van der Waals surface area contributed by atoms with Crippen molar-refractivity contribution in [2.75, 3.05) is 7.11 Å². The second-order valence-corrected chi connectivity index (χ2v) is 7.27. The Labute approximate surface area is 182 Å². The number of hydrogen-bond acceptors (Lipinski definition) is 3. The summed E-state index contributed by atoms with van der Waals surface area (Å²) in [7, 11) is 1.64. The van der Waals surface area contributed by atoms with Crippen molar-refractivity contribution in [3.63, 3.8) is 0 Å². The summed E-state index contributed by atoms with van der Waals surface area (Å²) in [6, 6.07) is 27.8. The normalized spacial score (nSPS) is 10.6. The quantitative estimate of drug-likeness (QED) is 0.453. The van der Waals surface area contributed by atoms with Crippen LogP contribution in [0.2, 0.25) is 0 Å². The summed E-state index contributed by atoms with van der Waals surface area (Å²) in [6.07, 6.45) is 3.10. The lowest BCUT2D eigenvalue weighted by Crippen LogP contribution is -2.23. The lowest BCUT2D eigenvalue weighted by Gasteiger charge is -2.06. The minimum atomic E-state index is 0.0160. The smallest absolute Gasteiger partial charge is 0.220 e. The molecule has 3 aromatic carbocycles. The summed E-state index contributed by atoms with van der Waals surface area (Å²) in [6.45, 7) is 0.429. The number of para-hydroxylation sites is 1. The lowest BCUT2D eigenvalue weighted by atomic mass is 10.1. The SMILES string of the molecule is COc1ccc(CCC(=O)NCc2cn(-c3ccccc3)nc2-c2ccccc2)cc1. The fourth-order valence-electron chi connectivity index (χ4n) is 3.42. The molecule has 0 aliphatic carbocycles. The topological polar surface area (TPSA) is 56.1 Å². The molecule has 0 fully saturated rings. The summed E-state index contributed by atoms with van der Waals surface area (Å²) >= 11 is 0. The Kier molecular flexibility index (Phi) is 6.43. The van der Waals surface area contributed by atoms with E-state index < -0.39 is 0 Å². The van der Waals surface area contributed by atoms with Crippen LogP contribution in [0.25, 0.3) is 16.9 Å². The van der Waals surface area contributed by atoms with Gasteiger partial charge in [-0.1, -0.05) is 60.7 Å². The van der Waals surface area contributed by atoms with Crippen molar-refractivity contribution in [3.05, 3.63) is 102 Å². The average molecular weight is 412 g/mol. The van der Waals surface area contributed by atoms with Crippen LogP contribution in [0.3, 0.4) is 0 Å². The maximum atomic E-state index is 12.5. The highest BCUT2D eigenvalue weighted by Gasteiger charge is 2.13. The molecule has 5 heteroatoms. The highest BCUT2D eigenvalue weighted by atomic mass is 16.5. The van der Waals surface area contributed by atoms with E-state index in [-0.39, 0.29) is 5.91 Å². The summed E-state index contributed by atoms with van der Waals surface area (Å²) in [4.78, 5) is 12.5. The van der Waals surface area contributed by atoms with Crippen molar-refractivity contribution >= 4 is 5.91 Å². The van der Waals surface area contributed by atoms with Gasteiger partial charge in [-0.15, -0.1) is 0 Å². The first kappa shape index (κ1) is 20.4. The van der Waals surface area contributed by atoms with Crippen molar-refractivity contribution in [1.82, 2.24) is 15.1 Å². The number of hydrogen-bond donors (Lipinski definition) is 1. The second kappa shape index (κ2) is 9.76. The van der Waals surface area contributed by atoms with E-state index in [9.17, 15) is 4.79 Å². The maximum Gasteiger partial charge on any atom is 0.220 e. The minimum Gasteiger partial charge on any atom is -0.497 e. The molecule has 0 bridgehead atoms. The molecule has 1 amide bonds. The number of carbonyl (C=O) groups is 1. The summed E-state index contributed by atoms with van der Waals surface area (Å²) in [5, 5.41) is 7.84. The van der Waals surface area contributed by atoms with E-state index in [0.717, 1.165) is 33.8 Å². The lowest BCUT2D eigenvalue weighted by molar-refractivity contribution is -0.121.